The lowest BCUT2D eigenvalue weighted by Crippen LogP contribution is -2.49. The number of pyridine rings is 2. The zero-order chi connectivity index (χ0) is 28.8. The van der Waals surface area contributed by atoms with Gasteiger partial charge in [-0.25, -0.2) is 23.4 Å². The number of halogens is 2. The molecule has 0 bridgehead atoms. The molecule has 2 aliphatic rings. The van der Waals surface area contributed by atoms with Crippen LogP contribution in [0.1, 0.15) is 66.4 Å². The van der Waals surface area contributed by atoms with E-state index < -0.39 is 23.8 Å². The average molecular weight is 563 g/mol. The highest BCUT2D eigenvalue weighted by molar-refractivity contribution is 5.70. The van der Waals surface area contributed by atoms with Crippen LogP contribution in [-0.4, -0.2) is 67.2 Å². The first-order chi connectivity index (χ1) is 19.8. The van der Waals surface area contributed by atoms with Crippen LogP contribution in [0, 0.1) is 11.6 Å². The van der Waals surface area contributed by atoms with Crippen molar-refractivity contribution in [3.05, 3.63) is 93.8 Å². The molecule has 9 nitrogen and oxygen atoms in total. The quantitative estimate of drug-likeness (QED) is 0.338. The molecule has 1 aliphatic heterocycles. The Kier molecular flexibility index (Phi) is 7.06. The Labute approximate surface area is 235 Å². The molecular weight excluding hydrogens is 530 g/mol. The van der Waals surface area contributed by atoms with Gasteiger partial charge in [-0.1, -0.05) is 18.2 Å². The van der Waals surface area contributed by atoms with E-state index >= 15 is 4.39 Å². The van der Waals surface area contributed by atoms with E-state index in [0.29, 0.717) is 42.4 Å². The van der Waals surface area contributed by atoms with Gasteiger partial charge < -0.3 is 14.9 Å². The van der Waals surface area contributed by atoms with Crippen LogP contribution in [0.3, 0.4) is 0 Å². The van der Waals surface area contributed by atoms with Crippen molar-refractivity contribution in [3.63, 3.8) is 0 Å². The molecule has 11 heteroatoms. The van der Waals surface area contributed by atoms with Crippen molar-refractivity contribution in [1.29, 1.82) is 0 Å². The van der Waals surface area contributed by atoms with Crippen LogP contribution in [0.25, 0.3) is 11.2 Å². The van der Waals surface area contributed by atoms with Crippen LogP contribution in [0.15, 0.2) is 59.7 Å². The molecule has 1 fully saturated rings. The molecular formula is C30H32F2N6O3. The van der Waals surface area contributed by atoms with Gasteiger partial charge in [-0.15, -0.1) is 0 Å². The predicted molar refractivity (Wildman–Crippen MR) is 149 cm³/mol. The number of hydrogen-bond donors (Lipinski definition) is 2. The largest absolute Gasteiger partial charge is 0.465 e. The second-order valence-corrected chi connectivity index (χ2v) is 11.2. The minimum atomic E-state index is -1.03. The maximum absolute atomic E-state index is 15.2. The average Bonchev–Trinajstić information content (AvgIpc) is 3.19. The van der Waals surface area contributed by atoms with E-state index in [-0.39, 0.29) is 36.2 Å². The van der Waals surface area contributed by atoms with Gasteiger partial charge in [-0.2, -0.15) is 0 Å². The number of hydrogen-bond acceptors (Lipinski definition) is 5. The highest BCUT2D eigenvalue weighted by Gasteiger charge is 2.44. The lowest BCUT2D eigenvalue weighted by molar-refractivity contribution is 0.0778. The SMILES string of the molecule is CN(C)[C@@H]1c2cccnc2[C@@H](C2CC(n3c(=O)[nH]c4ncccc43)CCN2C(=O)O)CC[C@H]1c1cccc(F)c1F. The fraction of sp³-hybridized carbons (Fsp3) is 0.400. The summed E-state index contributed by atoms with van der Waals surface area (Å²) in [4.78, 5) is 40.9. The minimum absolute atomic E-state index is 0.252. The Hall–Kier alpha value is -4.12. The van der Waals surface area contributed by atoms with Crippen molar-refractivity contribution < 1.29 is 18.7 Å². The molecule has 5 atom stereocenters. The molecule has 0 radical (unpaired) electrons. The second kappa shape index (κ2) is 10.7. The molecule has 1 aliphatic carbocycles. The molecule has 1 aromatic carbocycles. The van der Waals surface area contributed by atoms with Gasteiger partial charge in [0.2, 0.25) is 0 Å². The molecule has 41 heavy (non-hydrogen) atoms. The Morgan fingerprint density at radius 2 is 1.73 bits per heavy atom. The zero-order valence-electron chi connectivity index (χ0n) is 22.9. The topological polar surface area (TPSA) is 107 Å². The van der Waals surface area contributed by atoms with E-state index in [2.05, 4.69) is 9.97 Å². The number of nitrogens with one attached hydrogen (secondary N) is 1. The van der Waals surface area contributed by atoms with Crippen LogP contribution in [0.2, 0.25) is 0 Å². The van der Waals surface area contributed by atoms with Gasteiger partial charge >= 0.3 is 11.8 Å². The van der Waals surface area contributed by atoms with Crippen molar-refractivity contribution in [1.82, 2.24) is 29.3 Å². The van der Waals surface area contributed by atoms with Crippen molar-refractivity contribution >= 4 is 17.3 Å². The number of imidazole rings is 1. The number of piperidine rings is 1. The van der Waals surface area contributed by atoms with Crippen LogP contribution in [0.5, 0.6) is 0 Å². The Bertz CT molecular complexity index is 1650. The number of carbonyl (C=O) groups is 1. The lowest BCUT2D eigenvalue weighted by Gasteiger charge is -2.42. The van der Waals surface area contributed by atoms with E-state index in [0.717, 1.165) is 17.3 Å². The number of amides is 1. The number of benzene rings is 1. The Morgan fingerprint density at radius 1 is 1.00 bits per heavy atom. The Balaban J connectivity index is 1.44. The molecule has 3 aromatic heterocycles. The Morgan fingerprint density at radius 3 is 2.51 bits per heavy atom. The first-order valence-corrected chi connectivity index (χ1v) is 13.9. The van der Waals surface area contributed by atoms with Crippen molar-refractivity contribution in [2.45, 2.75) is 55.6 Å². The summed E-state index contributed by atoms with van der Waals surface area (Å²) < 4.78 is 31.3. The number of nitrogens with zero attached hydrogens (tertiary/aromatic N) is 5. The summed E-state index contributed by atoms with van der Waals surface area (Å²) in [7, 11) is 3.81. The second-order valence-electron chi connectivity index (χ2n) is 11.2. The maximum atomic E-state index is 15.2. The number of aromatic nitrogens is 4. The lowest BCUT2D eigenvalue weighted by atomic mass is 9.82. The highest BCUT2D eigenvalue weighted by Crippen LogP contribution is 2.49. The van der Waals surface area contributed by atoms with E-state index in [1.165, 1.54) is 11.0 Å². The summed E-state index contributed by atoms with van der Waals surface area (Å²) in [5.74, 6) is -2.44. The van der Waals surface area contributed by atoms with Gasteiger partial charge in [-0.3, -0.25) is 14.5 Å². The molecule has 4 aromatic rings. The number of carboxylic acid groups (broad SMARTS) is 1. The maximum Gasteiger partial charge on any atom is 0.407 e. The van der Waals surface area contributed by atoms with Crippen LogP contribution in [0.4, 0.5) is 13.6 Å². The van der Waals surface area contributed by atoms with Gasteiger partial charge in [0.05, 0.1) is 11.2 Å². The zero-order valence-corrected chi connectivity index (χ0v) is 22.9. The molecule has 2 N–H and O–H groups in total. The third-order valence-electron chi connectivity index (χ3n) is 8.83. The van der Waals surface area contributed by atoms with Crippen LogP contribution < -0.4 is 5.69 Å². The molecule has 0 spiro atoms. The highest BCUT2D eigenvalue weighted by atomic mass is 19.2. The number of likely N-dealkylation sites (tertiary alicyclic amines) is 1. The fourth-order valence-corrected chi connectivity index (χ4v) is 7.16. The summed E-state index contributed by atoms with van der Waals surface area (Å²) in [5.41, 5.74) is 2.82. The summed E-state index contributed by atoms with van der Waals surface area (Å²) >= 11 is 0. The molecule has 0 saturated carbocycles. The summed E-state index contributed by atoms with van der Waals surface area (Å²) in [6.45, 7) is 0.252. The molecule has 2 unspecified atom stereocenters. The summed E-state index contributed by atoms with van der Waals surface area (Å²) in [6.07, 6.45) is 4.18. The number of rotatable bonds is 4. The first-order valence-electron chi connectivity index (χ1n) is 13.9. The minimum Gasteiger partial charge on any atom is -0.465 e. The van der Waals surface area contributed by atoms with E-state index in [4.69, 9.17) is 4.98 Å². The number of likely N-dealkylation sites (N-methyl/N-ethyl adjacent to an activating group) is 1. The van der Waals surface area contributed by atoms with Gasteiger partial charge in [0.15, 0.2) is 17.3 Å². The number of aromatic amines is 1. The standard InChI is InChI=1S/C30H32F2N6O3/c1-36(2)27-19(18-6-3-8-22(31)25(18)32)10-11-20(26-21(27)7-4-13-33-26)24-16-17(12-15-37(24)30(40)41)38-23-9-5-14-34-28(23)35-29(38)39/h3-9,13-14,17,19-20,24,27H,10-12,15-16H2,1-2H3,(H,40,41)(H,34,35,39)/t17?,19-,20+,24?,27-/m0/s1. The first kappa shape index (κ1) is 27.1. The van der Waals surface area contributed by atoms with Crippen LogP contribution >= 0.6 is 0 Å². The van der Waals surface area contributed by atoms with Gasteiger partial charge in [0, 0.05) is 48.9 Å². The van der Waals surface area contributed by atoms with Gasteiger partial charge in [-0.05, 0) is 75.2 Å². The third-order valence-corrected chi connectivity index (χ3v) is 8.83. The number of fused-ring (bicyclic) bond motifs is 2. The third kappa shape index (κ3) is 4.67. The van der Waals surface area contributed by atoms with E-state index in [1.807, 2.05) is 37.2 Å². The fourth-order valence-electron chi connectivity index (χ4n) is 7.16. The molecule has 6 rings (SSSR count). The van der Waals surface area contributed by atoms with Crippen LogP contribution in [-0.2, 0) is 0 Å². The van der Waals surface area contributed by atoms with E-state index in [9.17, 15) is 19.1 Å². The monoisotopic (exact) mass is 562 g/mol. The van der Waals surface area contributed by atoms with Crippen molar-refractivity contribution in [3.8, 4) is 0 Å². The van der Waals surface area contributed by atoms with Gasteiger partial charge in [0.25, 0.3) is 0 Å². The summed E-state index contributed by atoms with van der Waals surface area (Å²) in [6, 6.07) is 10.6. The van der Waals surface area contributed by atoms with Crippen molar-refractivity contribution in [2.24, 2.45) is 0 Å². The molecule has 214 valence electrons. The molecule has 4 heterocycles. The van der Waals surface area contributed by atoms with Gasteiger partial charge in [0.1, 0.15) is 0 Å². The summed E-state index contributed by atoms with van der Waals surface area (Å²) in [5, 5.41) is 10.3. The van der Waals surface area contributed by atoms with Crippen molar-refractivity contribution in [2.75, 3.05) is 20.6 Å². The normalized spacial score (nSPS) is 24.8. The molecule has 1 amide bonds. The smallest absolute Gasteiger partial charge is 0.407 e. The van der Waals surface area contributed by atoms with E-state index in [1.54, 1.807) is 29.1 Å². The molecule has 1 saturated heterocycles. The number of H-pyrrole nitrogens is 1. The predicted octanol–water partition coefficient (Wildman–Crippen LogP) is 5.05.